The monoisotopic (exact) mass is 358 g/mol. The van der Waals surface area contributed by atoms with Crippen molar-refractivity contribution < 1.29 is 9.34 Å². The van der Waals surface area contributed by atoms with Crippen molar-refractivity contribution in [2.45, 2.75) is 0 Å². The van der Waals surface area contributed by atoms with Crippen LogP contribution in [0.4, 0.5) is 11.5 Å². The Balaban J connectivity index is 1.98. The van der Waals surface area contributed by atoms with Crippen LogP contribution in [0.1, 0.15) is 5.76 Å². The summed E-state index contributed by atoms with van der Waals surface area (Å²) in [5.41, 5.74) is 2.58. The number of furan rings is 1. The number of anilines is 1. The summed E-state index contributed by atoms with van der Waals surface area (Å²) < 4.78 is 6.03. The number of nitrogens with one attached hydrogen (secondary N) is 1. The Hall–Kier alpha value is -1.97. The highest BCUT2D eigenvalue weighted by atomic mass is 127. The predicted molar refractivity (Wildman–Crippen MR) is 73.5 cm³/mol. The van der Waals surface area contributed by atoms with E-state index in [-0.39, 0.29) is 5.69 Å². The Morgan fingerprint density at radius 3 is 2.83 bits per heavy atom. The zero-order valence-electron chi connectivity index (χ0n) is 8.91. The van der Waals surface area contributed by atoms with Crippen molar-refractivity contribution in [3.05, 3.63) is 50.1 Å². The van der Waals surface area contributed by atoms with Gasteiger partial charge in [0.2, 0.25) is 0 Å². The number of hydrazone groups is 1. The Morgan fingerprint density at radius 1 is 1.44 bits per heavy atom. The third-order valence-corrected chi connectivity index (χ3v) is 2.50. The van der Waals surface area contributed by atoms with Crippen LogP contribution in [0.15, 0.2) is 40.0 Å². The van der Waals surface area contributed by atoms with Gasteiger partial charge < -0.3 is 4.42 Å². The van der Waals surface area contributed by atoms with Crippen LogP contribution in [0.25, 0.3) is 0 Å². The summed E-state index contributed by atoms with van der Waals surface area (Å²) >= 11 is 2.05. The van der Waals surface area contributed by atoms with Gasteiger partial charge in [0.25, 0.3) is 5.69 Å². The summed E-state index contributed by atoms with van der Waals surface area (Å²) in [6.07, 6.45) is 2.65. The van der Waals surface area contributed by atoms with Crippen LogP contribution in [-0.4, -0.2) is 16.1 Å². The van der Waals surface area contributed by atoms with E-state index >= 15 is 0 Å². The fourth-order valence-electron chi connectivity index (χ4n) is 1.12. The highest BCUT2D eigenvalue weighted by molar-refractivity contribution is 14.1. The van der Waals surface area contributed by atoms with E-state index < -0.39 is 4.92 Å². The molecule has 0 saturated carbocycles. The summed E-state index contributed by atoms with van der Waals surface area (Å²) in [4.78, 5) is 13.7. The molecule has 2 rings (SSSR count). The molecule has 18 heavy (non-hydrogen) atoms. The zero-order valence-corrected chi connectivity index (χ0v) is 11.1. The minimum atomic E-state index is -0.509. The molecule has 92 valence electrons. The second kappa shape index (κ2) is 5.58. The van der Waals surface area contributed by atoms with E-state index in [0.717, 1.165) is 9.96 Å². The maximum atomic E-state index is 10.4. The number of aromatic nitrogens is 1. The topological polar surface area (TPSA) is 93.6 Å². The molecule has 1 N–H and O–H groups in total. The van der Waals surface area contributed by atoms with Crippen LogP contribution in [0.5, 0.6) is 0 Å². The second-order valence-electron chi connectivity index (χ2n) is 3.17. The van der Waals surface area contributed by atoms with E-state index in [2.05, 4.69) is 15.5 Å². The molecular formula is C10H7IN4O3. The number of halogens is 1. The SMILES string of the molecule is O=[N+]([O-])c1ccc(N/N=C/c2ccc(I)o2)nc1. The first-order valence-corrected chi connectivity index (χ1v) is 5.88. The number of hydrogen-bond acceptors (Lipinski definition) is 6. The number of rotatable bonds is 4. The van der Waals surface area contributed by atoms with Gasteiger partial charge >= 0.3 is 0 Å². The van der Waals surface area contributed by atoms with Crippen LogP contribution in [-0.2, 0) is 0 Å². The van der Waals surface area contributed by atoms with Gasteiger partial charge in [-0.15, -0.1) is 0 Å². The van der Waals surface area contributed by atoms with Crippen LogP contribution in [0, 0.1) is 13.9 Å². The average Bonchev–Trinajstić information content (AvgIpc) is 2.76. The first kappa shape index (κ1) is 12.5. The maximum Gasteiger partial charge on any atom is 0.287 e. The van der Waals surface area contributed by atoms with Gasteiger partial charge in [-0.2, -0.15) is 5.10 Å². The molecule has 2 aromatic heterocycles. The molecule has 0 aliphatic heterocycles. The Morgan fingerprint density at radius 2 is 2.28 bits per heavy atom. The van der Waals surface area contributed by atoms with Crippen LogP contribution in [0.2, 0.25) is 0 Å². The summed E-state index contributed by atoms with van der Waals surface area (Å²) in [7, 11) is 0. The molecule has 0 atom stereocenters. The molecule has 2 heterocycles. The van der Waals surface area contributed by atoms with Gasteiger partial charge in [-0.1, -0.05) is 0 Å². The van der Waals surface area contributed by atoms with Crippen LogP contribution >= 0.6 is 22.6 Å². The van der Waals surface area contributed by atoms with Gasteiger partial charge in [-0.25, -0.2) is 4.98 Å². The molecule has 7 nitrogen and oxygen atoms in total. The van der Waals surface area contributed by atoms with Gasteiger partial charge in [0.1, 0.15) is 17.8 Å². The summed E-state index contributed by atoms with van der Waals surface area (Å²) in [5.74, 6) is 1.02. The lowest BCUT2D eigenvalue weighted by atomic mass is 10.4. The van der Waals surface area contributed by atoms with E-state index in [9.17, 15) is 10.1 Å². The minimum absolute atomic E-state index is 0.0647. The molecule has 0 fully saturated rings. The summed E-state index contributed by atoms with van der Waals surface area (Å²) in [6, 6.07) is 6.41. The molecule has 0 bridgehead atoms. The van der Waals surface area contributed by atoms with Crippen molar-refractivity contribution in [3.8, 4) is 0 Å². The molecule has 0 unspecified atom stereocenters. The largest absolute Gasteiger partial charge is 0.449 e. The average molecular weight is 358 g/mol. The highest BCUT2D eigenvalue weighted by Gasteiger charge is 2.04. The normalized spacial score (nSPS) is 10.7. The lowest BCUT2D eigenvalue weighted by Gasteiger charge is -1.97. The predicted octanol–water partition coefficient (Wildman–Crippen LogP) is 2.63. The van der Waals surface area contributed by atoms with Crippen molar-refractivity contribution in [3.63, 3.8) is 0 Å². The first-order valence-electron chi connectivity index (χ1n) is 4.80. The fourth-order valence-corrected chi connectivity index (χ4v) is 1.55. The van der Waals surface area contributed by atoms with Gasteiger partial charge in [0.05, 0.1) is 11.1 Å². The standard InChI is InChI=1S/C10H7IN4O3/c11-9-3-2-8(18-9)6-13-14-10-4-1-7(5-12-10)15(16)17/h1-6H,(H,12,14)/b13-6+. The van der Waals surface area contributed by atoms with E-state index in [1.165, 1.54) is 18.3 Å². The maximum absolute atomic E-state index is 10.4. The van der Waals surface area contributed by atoms with Crippen LogP contribution < -0.4 is 5.43 Å². The molecule has 0 aliphatic carbocycles. The van der Waals surface area contributed by atoms with Crippen molar-refractivity contribution in [2.24, 2.45) is 5.10 Å². The zero-order chi connectivity index (χ0) is 13.0. The molecule has 0 aliphatic rings. The fraction of sp³-hybridized carbons (Fsp3) is 0. The molecular weight excluding hydrogens is 351 g/mol. The lowest BCUT2D eigenvalue weighted by Crippen LogP contribution is -1.94. The summed E-state index contributed by atoms with van der Waals surface area (Å²) in [6.45, 7) is 0. The third kappa shape index (κ3) is 3.26. The highest BCUT2D eigenvalue weighted by Crippen LogP contribution is 2.12. The minimum Gasteiger partial charge on any atom is -0.449 e. The second-order valence-corrected chi connectivity index (χ2v) is 4.23. The number of nitrogens with zero attached hydrogens (tertiary/aromatic N) is 3. The van der Waals surface area contributed by atoms with Crippen molar-refractivity contribution >= 4 is 40.3 Å². The molecule has 0 amide bonds. The quantitative estimate of drug-likeness (QED) is 0.393. The summed E-state index contributed by atoms with van der Waals surface area (Å²) in [5, 5.41) is 14.3. The van der Waals surface area contributed by atoms with E-state index in [0.29, 0.717) is 11.6 Å². The Labute approximate surface area is 115 Å². The molecule has 8 heteroatoms. The van der Waals surface area contributed by atoms with E-state index in [1.54, 1.807) is 6.07 Å². The van der Waals surface area contributed by atoms with Gasteiger partial charge in [-0.05, 0) is 40.8 Å². The van der Waals surface area contributed by atoms with Crippen molar-refractivity contribution in [2.75, 3.05) is 5.43 Å². The molecule has 2 aromatic rings. The van der Waals surface area contributed by atoms with E-state index in [4.69, 9.17) is 4.42 Å². The van der Waals surface area contributed by atoms with Crippen LogP contribution in [0.3, 0.4) is 0 Å². The molecule has 0 radical (unpaired) electrons. The number of nitro groups is 1. The Bertz CT molecular complexity index is 579. The van der Waals surface area contributed by atoms with Gasteiger partial charge in [0.15, 0.2) is 3.77 Å². The van der Waals surface area contributed by atoms with E-state index in [1.807, 2.05) is 28.7 Å². The smallest absolute Gasteiger partial charge is 0.287 e. The number of hydrogen-bond donors (Lipinski definition) is 1. The number of pyridine rings is 1. The third-order valence-electron chi connectivity index (χ3n) is 1.92. The molecule has 0 aromatic carbocycles. The molecule has 0 saturated heterocycles. The van der Waals surface area contributed by atoms with Gasteiger partial charge in [0, 0.05) is 6.07 Å². The van der Waals surface area contributed by atoms with Gasteiger partial charge in [-0.3, -0.25) is 15.5 Å². The van der Waals surface area contributed by atoms with Crippen molar-refractivity contribution in [1.82, 2.24) is 4.98 Å². The Kier molecular flexibility index (Phi) is 3.87. The first-order chi connectivity index (χ1) is 8.65. The van der Waals surface area contributed by atoms with Crippen molar-refractivity contribution in [1.29, 1.82) is 0 Å². The molecule has 0 spiro atoms. The lowest BCUT2D eigenvalue weighted by molar-refractivity contribution is -0.385.